The molecule has 0 aliphatic carbocycles. The molecule has 2 N–H and O–H groups in total. The molecule has 2 atom stereocenters. The Morgan fingerprint density at radius 2 is 2.27 bits per heavy atom. The Morgan fingerprint density at radius 1 is 1.60 bits per heavy atom. The molecule has 0 radical (unpaired) electrons. The van der Waals surface area contributed by atoms with E-state index in [1.165, 1.54) is 7.11 Å². The molecule has 0 aromatic carbocycles. The van der Waals surface area contributed by atoms with E-state index >= 15 is 0 Å². The van der Waals surface area contributed by atoms with Gasteiger partial charge < -0.3 is 14.9 Å². The predicted octanol–water partition coefficient (Wildman–Crippen LogP) is 1.58. The van der Waals surface area contributed by atoms with Crippen LogP contribution >= 0.6 is 0 Å². The number of nitrogens with two attached hydrogens (primary N) is 1. The monoisotopic (exact) mass is 211 g/mol. The summed E-state index contributed by atoms with van der Waals surface area (Å²) in [6.07, 6.45) is 0.251. The van der Waals surface area contributed by atoms with Crippen LogP contribution in [-0.2, 0) is 9.53 Å². The first-order valence-corrected chi connectivity index (χ1v) is 4.93. The van der Waals surface area contributed by atoms with Crippen molar-refractivity contribution < 1.29 is 13.9 Å². The van der Waals surface area contributed by atoms with Crippen LogP contribution in [0.2, 0.25) is 0 Å². The molecule has 0 aliphatic heterocycles. The SMILES string of the molecule is COC(=O)CC(c1ccc(C)o1)C(C)N. The van der Waals surface area contributed by atoms with E-state index in [9.17, 15) is 4.79 Å². The van der Waals surface area contributed by atoms with Crippen molar-refractivity contribution in [2.75, 3.05) is 7.11 Å². The Morgan fingerprint density at radius 3 is 2.67 bits per heavy atom. The van der Waals surface area contributed by atoms with Gasteiger partial charge in [0.1, 0.15) is 11.5 Å². The van der Waals surface area contributed by atoms with Gasteiger partial charge in [-0.2, -0.15) is 0 Å². The standard InChI is InChI=1S/C11H17NO3/c1-7-4-5-10(15-7)9(8(2)12)6-11(13)14-3/h4-5,8-9H,6,12H2,1-3H3. The molecule has 0 bridgehead atoms. The Labute approximate surface area is 89.4 Å². The second-order valence-corrected chi connectivity index (χ2v) is 3.69. The summed E-state index contributed by atoms with van der Waals surface area (Å²) in [6.45, 7) is 3.71. The summed E-state index contributed by atoms with van der Waals surface area (Å²) >= 11 is 0. The number of methoxy groups -OCH3 is 1. The highest BCUT2D eigenvalue weighted by Crippen LogP contribution is 2.24. The fourth-order valence-electron chi connectivity index (χ4n) is 1.46. The van der Waals surface area contributed by atoms with Crippen molar-refractivity contribution in [3.05, 3.63) is 23.7 Å². The number of hydrogen-bond acceptors (Lipinski definition) is 4. The molecule has 0 fully saturated rings. The van der Waals surface area contributed by atoms with Crippen molar-refractivity contribution in [3.8, 4) is 0 Å². The first-order chi connectivity index (χ1) is 7.04. The summed E-state index contributed by atoms with van der Waals surface area (Å²) in [6, 6.07) is 3.57. The normalized spacial score (nSPS) is 14.7. The number of ether oxygens (including phenoxy) is 1. The van der Waals surface area contributed by atoms with Gasteiger partial charge in [-0.3, -0.25) is 4.79 Å². The van der Waals surface area contributed by atoms with Crippen molar-refractivity contribution in [2.45, 2.75) is 32.2 Å². The van der Waals surface area contributed by atoms with Crippen molar-refractivity contribution in [3.63, 3.8) is 0 Å². The summed E-state index contributed by atoms with van der Waals surface area (Å²) in [4.78, 5) is 11.2. The highest BCUT2D eigenvalue weighted by molar-refractivity contribution is 5.70. The van der Waals surface area contributed by atoms with Crippen molar-refractivity contribution in [1.82, 2.24) is 0 Å². The van der Waals surface area contributed by atoms with Crippen LogP contribution in [0.25, 0.3) is 0 Å². The first-order valence-electron chi connectivity index (χ1n) is 4.93. The molecule has 1 rings (SSSR count). The Balaban J connectivity index is 2.79. The maximum absolute atomic E-state index is 11.2. The lowest BCUT2D eigenvalue weighted by atomic mass is 9.95. The molecular formula is C11H17NO3. The van der Waals surface area contributed by atoms with E-state index in [4.69, 9.17) is 10.2 Å². The van der Waals surface area contributed by atoms with Crippen LogP contribution in [0.3, 0.4) is 0 Å². The van der Waals surface area contributed by atoms with Crippen LogP contribution in [0.5, 0.6) is 0 Å². The predicted molar refractivity (Wildman–Crippen MR) is 56.5 cm³/mol. The van der Waals surface area contributed by atoms with Crippen LogP contribution in [0.15, 0.2) is 16.5 Å². The van der Waals surface area contributed by atoms with E-state index in [-0.39, 0.29) is 24.3 Å². The highest BCUT2D eigenvalue weighted by Gasteiger charge is 2.23. The molecule has 1 aromatic heterocycles. The lowest BCUT2D eigenvalue weighted by Crippen LogP contribution is -2.26. The smallest absolute Gasteiger partial charge is 0.306 e. The summed E-state index contributed by atoms with van der Waals surface area (Å²) in [5, 5.41) is 0. The summed E-state index contributed by atoms with van der Waals surface area (Å²) in [5.74, 6) is 1.17. The Bertz CT molecular complexity index is 330. The molecular weight excluding hydrogens is 194 g/mol. The van der Waals surface area contributed by atoms with E-state index in [1.807, 2.05) is 26.0 Å². The van der Waals surface area contributed by atoms with Gasteiger partial charge in [-0.15, -0.1) is 0 Å². The molecule has 15 heavy (non-hydrogen) atoms. The minimum Gasteiger partial charge on any atom is -0.469 e. The topological polar surface area (TPSA) is 65.5 Å². The summed E-state index contributed by atoms with van der Waals surface area (Å²) < 4.78 is 10.1. The molecule has 1 heterocycles. The zero-order valence-electron chi connectivity index (χ0n) is 9.32. The van der Waals surface area contributed by atoms with Gasteiger partial charge in [0.15, 0.2) is 0 Å². The van der Waals surface area contributed by atoms with E-state index in [2.05, 4.69) is 4.74 Å². The largest absolute Gasteiger partial charge is 0.469 e. The van der Waals surface area contributed by atoms with Gasteiger partial charge in [0, 0.05) is 12.0 Å². The lowest BCUT2D eigenvalue weighted by Gasteiger charge is -2.16. The van der Waals surface area contributed by atoms with Gasteiger partial charge in [0.25, 0.3) is 0 Å². The van der Waals surface area contributed by atoms with E-state index in [1.54, 1.807) is 0 Å². The molecule has 0 amide bonds. The quantitative estimate of drug-likeness (QED) is 0.768. The van der Waals surface area contributed by atoms with Crippen LogP contribution in [-0.4, -0.2) is 19.1 Å². The molecule has 0 saturated heterocycles. The third-order valence-corrected chi connectivity index (χ3v) is 2.38. The van der Waals surface area contributed by atoms with Gasteiger partial charge in [0.05, 0.1) is 13.5 Å². The number of furan rings is 1. The average molecular weight is 211 g/mol. The second-order valence-electron chi connectivity index (χ2n) is 3.69. The first kappa shape index (κ1) is 11.8. The molecule has 84 valence electrons. The number of carbonyl (C=O) groups excluding carboxylic acids is 1. The minimum absolute atomic E-state index is 0.119. The van der Waals surface area contributed by atoms with E-state index in [0.717, 1.165) is 11.5 Å². The fourth-order valence-corrected chi connectivity index (χ4v) is 1.46. The number of hydrogen-bond donors (Lipinski definition) is 1. The number of carbonyl (C=O) groups is 1. The molecule has 1 aromatic rings. The van der Waals surface area contributed by atoms with Gasteiger partial charge in [-0.25, -0.2) is 0 Å². The number of esters is 1. The van der Waals surface area contributed by atoms with Crippen molar-refractivity contribution in [2.24, 2.45) is 5.73 Å². The Hall–Kier alpha value is -1.29. The molecule has 0 saturated carbocycles. The maximum Gasteiger partial charge on any atom is 0.306 e. The molecule has 4 nitrogen and oxygen atoms in total. The van der Waals surface area contributed by atoms with E-state index in [0.29, 0.717) is 0 Å². The number of rotatable bonds is 4. The average Bonchev–Trinajstić information content (AvgIpc) is 2.60. The summed E-state index contributed by atoms with van der Waals surface area (Å²) in [7, 11) is 1.37. The molecule has 0 spiro atoms. The van der Waals surface area contributed by atoms with Gasteiger partial charge in [-0.1, -0.05) is 0 Å². The van der Waals surface area contributed by atoms with Crippen LogP contribution < -0.4 is 5.73 Å². The van der Waals surface area contributed by atoms with E-state index < -0.39 is 0 Å². The van der Waals surface area contributed by atoms with Crippen molar-refractivity contribution >= 4 is 5.97 Å². The Kier molecular flexibility index (Phi) is 3.91. The zero-order valence-corrected chi connectivity index (χ0v) is 9.32. The fraction of sp³-hybridized carbons (Fsp3) is 0.545. The third-order valence-electron chi connectivity index (χ3n) is 2.38. The molecule has 0 aliphatic rings. The van der Waals surface area contributed by atoms with Crippen LogP contribution in [0.4, 0.5) is 0 Å². The maximum atomic E-state index is 11.2. The molecule has 2 unspecified atom stereocenters. The van der Waals surface area contributed by atoms with Gasteiger partial charge in [-0.05, 0) is 26.0 Å². The second kappa shape index (κ2) is 4.98. The highest BCUT2D eigenvalue weighted by atomic mass is 16.5. The van der Waals surface area contributed by atoms with Crippen LogP contribution in [0, 0.1) is 6.92 Å². The summed E-state index contributed by atoms with van der Waals surface area (Å²) in [5.41, 5.74) is 5.81. The molecule has 4 heteroatoms. The lowest BCUT2D eigenvalue weighted by molar-refractivity contribution is -0.141. The minimum atomic E-state index is -0.272. The van der Waals surface area contributed by atoms with Gasteiger partial charge in [0.2, 0.25) is 0 Å². The van der Waals surface area contributed by atoms with Crippen LogP contribution in [0.1, 0.15) is 30.8 Å². The van der Waals surface area contributed by atoms with Gasteiger partial charge >= 0.3 is 5.97 Å². The number of aryl methyl sites for hydroxylation is 1. The third kappa shape index (κ3) is 3.09. The zero-order chi connectivity index (χ0) is 11.4. The van der Waals surface area contributed by atoms with Crippen molar-refractivity contribution in [1.29, 1.82) is 0 Å².